The van der Waals surface area contributed by atoms with E-state index in [1.165, 1.54) is 22.4 Å². The highest BCUT2D eigenvalue weighted by Crippen LogP contribution is 2.35. The molecule has 2 heteroatoms. The molecule has 1 aromatic heterocycles. The molecule has 0 radical (unpaired) electrons. The first-order chi connectivity index (χ1) is 12.6. The molecule has 2 nitrogen and oxygen atoms in total. The van der Waals surface area contributed by atoms with Gasteiger partial charge in [-0.2, -0.15) is 0 Å². The maximum Gasteiger partial charge on any atom is 0.0491 e. The van der Waals surface area contributed by atoms with Gasteiger partial charge in [0, 0.05) is 36.3 Å². The van der Waals surface area contributed by atoms with Crippen molar-refractivity contribution in [2.75, 3.05) is 13.1 Å². The average Bonchev–Trinajstić information content (AvgIpc) is 2.51. The highest BCUT2D eigenvalue weighted by atomic mass is 14.9. The summed E-state index contributed by atoms with van der Waals surface area (Å²) in [6, 6.07) is 11.5. The molecule has 1 aliphatic heterocycles. The van der Waals surface area contributed by atoms with Crippen LogP contribution in [-0.4, -0.2) is 18.1 Å². The Morgan fingerprint density at radius 1 is 1.04 bits per heavy atom. The molecule has 0 amide bonds. The Labute approximate surface area is 165 Å². The van der Waals surface area contributed by atoms with Gasteiger partial charge in [0.15, 0.2) is 0 Å². The molecule has 1 fully saturated rings. The molecule has 2 aromatic rings. The zero-order valence-corrected chi connectivity index (χ0v) is 18.2. The van der Waals surface area contributed by atoms with E-state index in [4.69, 9.17) is 4.98 Å². The van der Waals surface area contributed by atoms with E-state index in [2.05, 4.69) is 84.1 Å². The van der Waals surface area contributed by atoms with Crippen molar-refractivity contribution in [3.05, 3.63) is 64.5 Å². The molecule has 1 atom stereocenters. The molecule has 1 saturated heterocycles. The number of nitrogens with zero attached hydrogens (tertiary/aromatic N) is 1. The molecule has 0 bridgehead atoms. The van der Waals surface area contributed by atoms with E-state index in [1.807, 2.05) is 6.20 Å². The molecular formula is C25H36N2. The van der Waals surface area contributed by atoms with Crippen molar-refractivity contribution in [3.8, 4) is 0 Å². The van der Waals surface area contributed by atoms with Gasteiger partial charge in [0.1, 0.15) is 0 Å². The van der Waals surface area contributed by atoms with Gasteiger partial charge in [-0.1, -0.05) is 72.7 Å². The van der Waals surface area contributed by atoms with E-state index in [0.29, 0.717) is 11.8 Å². The van der Waals surface area contributed by atoms with E-state index < -0.39 is 0 Å². The summed E-state index contributed by atoms with van der Waals surface area (Å²) in [5.41, 5.74) is 7.38. The number of hydrogen-bond acceptors (Lipinski definition) is 2. The molecule has 2 heterocycles. The van der Waals surface area contributed by atoms with Gasteiger partial charge < -0.3 is 5.32 Å². The standard InChI is InChI=1S/C25H36N2/c1-17(20-9-8-12-27-23(20)25(5,6)7)13-18-10-11-22(24(2,3)4)21(14-18)19-15-26-16-19/h8-12,14,17,19,26H,13,15-16H2,1-7H3. The van der Waals surface area contributed by atoms with Crippen LogP contribution in [0.3, 0.4) is 0 Å². The van der Waals surface area contributed by atoms with Gasteiger partial charge >= 0.3 is 0 Å². The average molecular weight is 365 g/mol. The second-order valence-corrected chi connectivity index (χ2v) is 10.3. The van der Waals surface area contributed by atoms with Gasteiger partial charge in [0.2, 0.25) is 0 Å². The fourth-order valence-electron chi connectivity index (χ4n) is 4.17. The summed E-state index contributed by atoms with van der Waals surface area (Å²) in [7, 11) is 0. The number of nitrogens with one attached hydrogen (secondary N) is 1. The maximum absolute atomic E-state index is 4.72. The highest BCUT2D eigenvalue weighted by molar-refractivity contribution is 5.41. The Kier molecular flexibility index (Phi) is 5.49. The lowest BCUT2D eigenvalue weighted by Crippen LogP contribution is -2.41. The summed E-state index contributed by atoms with van der Waals surface area (Å²) in [6.07, 6.45) is 2.99. The third-order valence-corrected chi connectivity index (χ3v) is 5.77. The van der Waals surface area contributed by atoms with Crippen molar-refractivity contribution >= 4 is 0 Å². The molecule has 0 saturated carbocycles. The quantitative estimate of drug-likeness (QED) is 0.751. The fraction of sp³-hybridized carbons (Fsp3) is 0.560. The predicted octanol–water partition coefficient (Wildman–Crippen LogP) is 5.71. The number of rotatable bonds is 4. The van der Waals surface area contributed by atoms with Crippen molar-refractivity contribution < 1.29 is 0 Å². The molecule has 27 heavy (non-hydrogen) atoms. The van der Waals surface area contributed by atoms with Crippen LogP contribution in [0.15, 0.2) is 36.5 Å². The van der Waals surface area contributed by atoms with Crippen LogP contribution in [0.4, 0.5) is 0 Å². The molecule has 1 aliphatic rings. The van der Waals surface area contributed by atoms with Crippen molar-refractivity contribution in [1.29, 1.82) is 0 Å². The summed E-state index contributed by atoms with van der Waals surface area (Å²) in [5.74, 6) is 1.12. The molecule has 1 N–H and O–H groups in total. The molecule has 146 valence electrons. The Hall–Kier alpha value is -1.67. The van der Waals surface area contributed by atoms with Crippen molar-refractivity contribution in [2.45, 2.75) is 77.6 Å². The van der Waals surface area contributed by atoms with E-state index in [0.717, 1.165) is 19.5 Å². The lowest BCUT2D eigenvalue weighted by atomic mass is 9.77. The van der Waals surface area contributed by atoms with E-state index in [1.54, 1.807) is 5.56 Å². The fourth-order valence-corrected chi connectivity index (χ4v) is 4.17. The van der Waals surface area contributed by atoms with Crippen LogP contribution in [0.25, 0.3) is 0 Å². The molecule has 1 aromatic carbocycles. The molecule has 0 aliphatic carbocycles. The number of benzene rings is 1. The van der Waals surface area contributed by atoms with Gasteiger partial charge in [-0.15, -0.1) is 0 Å². The first-order valence-corrected chi connectivity index (χ1v) is 10.4. The summed E-state index contributed by atoms with van der Waals surface area (Å²) >= 11 is 0. The number of aromatic nitrogens is 1. The second kappa shape index (κ2) is 7.39. The summed E-state index contributed by atoms with van der Waals surface area (Å²) in [4.78, 5) is 4.72. The van der Waals surface area contributed by atoms with Gasteiger partial charge in [-0.05, 0) is 46.1 Å². The van der Waals surface area contributed by atoms with Crippen LogP contribution in [0, 0.1) is 0 Å². The SMILES string of the molecule is CC(Cc1ccc(C(C)(C)C)c(C2CNC2)c1)c1cccnc1C(C)(C)C. The Bertz CT molecular complexity index is 789. The van der Waals surface area contributed by atoms with Crippen LogP contribution in [-0.2, 0) is 17.3 Å². The monoisotopic (exact) mass is 364 g/mol. The minimum Gasteiger partial charge on any atom is -0.315 e. The van der Waals surface area contributed by atoms with Crippen LogP contribution in [0.1, 0.15) is 88.2 Å². The van der Waals surface area contributed by atoms with Crippen molar-refractivity contribution in [2.24, 2.45) is 0 Å². The second-order valence-electron chi connectivity index (χ2n) is 10.3. The summed E-state index contributed by atoms with van der Waals surface area (Å²) in [5, 5.41) is 3.44. The lowest BCUT2D eigenvalue weighted by Gasteiger charge is -2.34. The predicted molar refractivity (Wildman–Crippen MR) is 116 cm³/mol. The molecular weight excluding hydrogens is 328 g/mol. The normalized spacial score (nSPS) is 16.9. The number of pyridine rings is 1. The molecule has 3 rings (SSSR count). The van der Waals surface area contributed by atoms with Crippen LogP contribution in [0.5, 0.6) is 0 Å². The third-order valence-electron chi connectivity index (χ3n) is 5.77. The van der Waals surface area contributed by atoms with Crippen molar-refractivity contribution in [1.82, 2.24) is 10.3 Å². The largest absolute Gasteiger partial charge is 0.315 e. The lowest BCUT2D eigenvalue weighted by molar-refractivity contribution is 0.437. The third kappa shape index (κ3) is 4.43. The van der Waals surface area contributed by atoms with Gasteiger partial charge in [-0.25, -0.2) is 0 Å². The van der Waals surface area contributed by atoms with Crippen molar-refractivity contribution in [3.63, 3.8) is 0 Å². The van der Waals surface area contributed by atoms with Gasteiger partial charge in [0.05, 0.1) is 0 Å². The van der Waals surface area contributed by atoms with Gasteiger partial charge in [0.25, 0.3) is 0 Å². The van der Waals surface area contributed by atoms with Crippen LogP contribution in [0.2, 0.25) is 0 Å². The summed E-state index contributed by atoms with van der Waals surface area (Å²) in [6.45, 7) is 18.3. The van der Waals surface area contributed by atoms with Gasteiger partial charge in [-0.3, -0.25) is 4.98 Å². The highest BCUT2D eigenvalue weighted by Gasteiger charge is 2.27. The van der Waals surface area contributed by atoms with Crippen LogP contribution >= 0.6 is 0 Å². The zero-order valence-electron chi connectivity index (χ0n) is 18.2. The topological polar surface area (TPSA) is 24.9 Å². The zero-order chi connectivity index (χ0) is 19.8. The minimum atomic E-state index is 0.0731. The first-order valence-electron chi connectivity index (χ1n) is 10.4. The summed E-state index contributed by atoms with van der Waals surface area (Å²) < 4.78 is 0. The van der Waals surface area contributed by atoms with E-state index >= 15 is 0 Å². The van der Waals surface area contributed by atoms with E-state index in [-0.39, 0.29) is 10.8 Å². The molecule has 0 spiro atoms. The Morgan fingerprint density at radius 2 is 1.74 bits per heavy atom. The Balaban J connectivity index is 1.90. The van der Waals surface area contributed by atoms with E-state index in [9.17, 15) is 0 Å². The minimum absolute atomic E-state index is 0.0731. The number of hydrogen-bond donors (Lipinski definition) is 1. The van der Waals surface area contributed by atoms with Crippen LogP contribution < -0.4 is 5.32 Å². The molecule has 1 unspecified atom stereocenters. The first kappa shape index (κ1) is 20.1. The smallest absolute Gasteiger partial charge is 0.0491 e. The maximum atomic E-state index is 4.72. The Morgan fingerprint density at radius 3 is 2.30 bits per heavy atom.